The summed E-state index contributed by atoms with van der Waals surface area (Å²) in [5.41, 5.74) is -12.3. The van der Waals surface area contributed by atoms with Crippen molar-refractivity contribution in [3.05, 3.63) is 0 Å². The van der Waals surface area contributed by atoms with Crippen LogP contribution in [0.4, 0.5) is 26.3 Å². The molecule has 0 bridgehead atoms. The van der Waals surface area contributed by atoms with Crippen LogP contribution in [0.15, 0.2) is 0 Å². The first-order valence-electron chi connectivity index (χ1n) is 6.46. The smallest absolute Gasteiger partial charge is 0.391 e. The van der Waals surface area contributed by atoms with E-state index in [0.717, 1.165) is 0 Å². The van der Waals surface area contributed by atoms with Gasteiger partial charge in [0.25, 0.3) is 0 Å². The Morgan fingerprint density at radius 3 is 1.12 bits per heavy atom. The van der Waals surface area contributed by atoms with E-state index >= 15 is 0 Å². The normalized spacial score (nSPS) is 13.9. The van der Waals surface area contributed by atoms with Crippen molar-refractivity contribution >= 4 is 20.0 Å². The van der Waals surface area contributed by atoms with Gasteiger partial charge in [-0.25, -0.2) is 16.8 Å². The quantitative estimate of drug-likeness (QED) is 0.268. The molecule has 0 aliphatic carbocycles. The zero-order chi connectivity index (χ0) is 21.4. The van der Waals surface area contributed by atoms with Gasteiger partial charge in [-0.3, -0.25) is 0 Å². The van der Waals surface area contributed by atoms with Crippen molar-refractivity contribution < 1.29 is 63.0 Å². The molecule has 26 heavy (non-hydrogen) atoms. The number of hydrogen-bond acceptors (Lipinski definition) is 7. The van der Waals surface area contributed by atoms with Crippen LogP contribution in [0, 0.1) is 0 Å². The fraction of sp³-hybridized carbons (Fsp3) is 1.00. The van der Waals surface area contributed by atoms with Gasteiger partial charge < -0.3 is 19.8 Å². The molecule has 9 nitrogen and oxygen atoms in total. The molecule has 0 amide bonds. The van der Waals surface area contributed by atoms with Crippen molar-refractivity contribution in [2.45, 2.75) is 11.0 Å². The molecule has 0 heterocycles. The zero-order valence-corrected chi connectivity index (χ0v) is 14.9. The van der Waals surface area contributed by atoms with Gasteiger partial charge in [0.2, 0.25) is 0 Å². The lowest BCUT2D eigenvalue weighted by atomic mass is 10.4. The molecule has 0 atom stereocenters. The largest absolute Gasteiger partial charge is 0.512 e. The molecule has 0 rings (SSSR count). The topological polar surface area (TPSA) is 141 Å². The second kappa shape index (κ2) is 10.00. The Morgan fingerprint density at radius 1 is 0.731 bits per heavy atom. The number of quaternary nitrogens is 1. The Morgan fingerprint density at radius 2 is 0.962 bits per heavy atom. The van der Waals surface area contributed by atoms with E-state index in [1.807, 2.05) is 7.05 Å². The van der Waals surface area contributed by atoms with Crippen LogP contribution in [-0.4, -0.2) is 94.2 Å². The van der Waals surface area contributed by atoms with E-state index < -0.39 is 35.2 Å². The number of nitrogens with one attached hydrogen (secondary N) is 1. The molecule has 0 aromatic carbocycles. The molecule has 0 radical (unpaired) electrons. The van der Waals surface area contributed by atoms with Crippen molar-refractivity contribution in [2.24, 2.45) is 0 Å². The maximum Gasteiger partial charge on any atom is 0.512 e. The fourth-order valence-corrected chi connectivity index (χ4v) is 3.21. The molecule has 0 aliphatic heterocycles. The molecular weight excluding hydrogens is 426 g/mol. The van der Waals surface area contributed by atoms with Gasteiger partial charge in [-0.2, -0.15) is 26.3 Å². The molecule has 0 saturated carbocycles. The van der Waals surface area contributed by atoms with Crippen LogP contribution in [-0.2, 0) is 20.0 Å². The van der Waals surface area contributed by atoms with Gasteiger partial charge in [0, 0.05) is 0 Å². The summed E-state index contributed by atoms with van der Waals surface area (Å²) in [5.74, 6) is 0. The third kappa shape index (κ3) is 9.28. The molecule has 0 saturated heterocycles. The predicted octanol–water partition coefficient (Wildman–Crippen LogP) is -1.31. The summed E-state index contributed by atoms with van der Waals surface area (Å²) in [4.78, 5) is 0. The van der Waals surface area contributed by atoms with E-state index in [2.05, 4.69) is 0 Å². The number of aliphatic hydroxyl groups is 3. The third-order valence-electron chi connectivity index (χ3n) is 2.75. The molecule has 0 spiro atoms. The van der Waals surface area contributed by atoms with Crippen LogP contribution in [0.5, 0.6) is 0 Å². The summed E-state index contributed by atoms with van der Waals surface area (Å²) in [6.07, 6.45) is 0. The average Bonchev–Trinajstić information content (AvgIpc) is 2.36. The lowest BCUT2D eigenvalue weighted by Gasteiger charge is -2.32. The highest BCUT2D eigenvalue weighted by Gasteiger charge is 2.55. The van der Waals surface area contributed by atoms with Gasteiger partial charge in [0.1, 0.15) is 19.6 Å². The first-order valence-corrected chi connectivity index (χ1v) is 9.43. The van der Waals surface area contributed by atoms with E-state index in [1.165, 1.54) is 0 Å². The minimum atomic E-state index is -6.60. The first-order chi connectivity index (χ1) is 11.4. The predicted molar refractivity (Wildman–Crippen MR) is 75.1 cm³/mol. The van der Waals surface area contributed by atoms with Crippen LogP contribution < -0.4 is 4.13 Å². The van der Waals surface area contributed by atoms with Gasteiger partial charge in [-0.15, -0.1) is 0 Å². The Kier molecular flexibility index (Phi) is 10.6. The molecular formula is C9H19F6N2O7S2+. The lowest BCUT2D eigenvalue weighted by molar-refractivity contribution is -0.910. The maximum atomic E-state index is 11.5. The number of sulfonamides is 2. The van der Waals surface area contributed by atoms with E-state index in [4.69, 9.17) is 15.3 Å². The van der Waals surface area contributed by atoms with Crippen molar-refractivity contribution in [1.29, 1.82) is 0 Å². The number of rotatable bonds is 8. The standard InChI is InChI=1S/C7H18NO3.C2HF6NO4S2/c1-8(2-5-9,3-6-10)4-7-11;3-1(4,5)14(10,11)9-15(12,13)2(6,7)8/h9-11H,2-7H2,1H3;9H/q+1;. The van der Waals surface area contributed by atoms with Crippen LogP contribution in [0.2, 0.25) is 0 Å². The first kappa shape index (κ1) is 27.5. The second-order valence-corrected chi connectivity index (χ2v) is 8.55. The molecule has 160 valence electrons. The van der Waals surface area contributed by atoms with Crippen molar-refractivity contribution in [3.8, 4) is 0 Å². The van der Waals surface area contributed by atoms with Gasteiger partial charge >= 0.3 is 31.1 Å². The second-order valence-electron chi connectivity index (χ2n) is 4.94. The molecule has 4 N–H and O–H groups in total. The summed E-state index contributed by atoms with van der Waals surface area (Å²) in [5, 5.41) is 26.0. The van der Waals surface area contributed by atoms with Crippen molar-refractivity contribution in [3.63, 3.8) is 0 Å². The fourth-order valence-electron chi connectivity index (χ4n) is 1.30. The summed E-state index contributed by atoms with van der Waals surface area (Å²) in [6.45, 7) is 2.03. The lowest BCUT2D eigenvalue weighted by Crippen LogP contribution is -2.49. The highest BCUT2D eigenvalue weighted by Crippen LogP contribution is 2.27. The van der Waals surface area contributed by atoms with E-state index in [1.54, 1.807) is 0 Å². The number of hydrogen-bond donors (Lipinski definition) is 4. The number of aliphatic hydroxyl groups excluding tert-OH is 3. The highest BCUT2D eigenvalue weighted by molar-refractivity contribution is 8.05. The summed E-state index contributed by atoms with van der Waals surface area (Å²) in [7, 11) is -11.3. The Balaban J connectivity index is 0. The number of halogens is 6. The average molecular weight is 445 g/mol. The summed E-state index contributed by atoms with van der Waals surface area (Å²) < 4.78 is 109. The minimum absolute atomic E-state index is 0.0938. The third-order valence-corrected chi connectivity index (χ3v) is 5.72. The molecule has 17 heteroatoms. The van der Waals surface area contributed by atoms with Crippen LogP contribution >= 0.6 is 0 Å². The number of nitrogens with zero attached hydrogens (tertiary/aromatic N) is 1. The Hall–Kier alpha value is -0.720. The van der Waals surface area contributed by atoms with E-state index in [-0.39, 0.29) is 19.8 Å². The van der Waals surface area contributed by atoms with Crippen LogP contribution in [0.1, 0.15) is 0 Å². The monoisotopic (exact) mass is 445 g/mol. The van der Waals surface area contributed by atoms with Crippen LogP contribution in [0.25, 0.3) is 0 Å². The number of likely N-dealkylation sites (N-methyl/N-ethyl adjacent to an activating group) is 1. The highest BCUT2D eigenvalue weighted by atomic mass is 32.3. The molecule has 0 aromatic rings. The SMILES string of the molecule is C[N+](CCO)(CCO)CCO.O=S(=O)(NS(=O)(=O)C(F)(F)F)C(F)(F)F. The zero-order valence-electron chi connectivity index (χ0n) is 13.2. The molecule has 0 aliphatic rings. The van der Waals surface area contributed by atoms with Gasteiger partial charge in [-0.05, 0) is 0 Å². The van der Waals surface area contributed by atoms with E-state index in [9.17, 15) is 43.2 Å². The molecule has 0 fully saturated rings. The number of alkyl halides is 6. The Bertz CT molecular complexity index is 558. The Labute approximate surface area is 145 Å². The minimum Gasteiger partial charge on any atom is -0.391 e. The van der Waals surface area contributed by atoms with Gasteiger partial charge in [-0.1, -0.05) is 4.13 Å². The summed E-state index contributed by atoms with van der Waals surface area (Å²) in [6, 6.07) is 0. The summed E-state index contributed by atoms with van der Waals surface area (Å²) >= 11 is 0. The van der Waals surface area contributed by atoms with Crippen molar-refractivity contribution in [1.82, 2.24) is 4.13 Å². The van der Waals surface area contributed by atoms with Gasteiger partial charge in [0.05, 0.1) is 26.9 Å². The molecule has 0 aromatic heterocycles. The maximum absolute atomic E-state index is 11.5. The van der Waals surface area contributed by atoms with E-state index in [0.29, 0.717) is 24.1 Å². The molecule has 0 unspecified atom stereocenters. The van der Waals surface area contributed by atoms with Crippen LogP contribution in [0.3, 0.4) is 0 Å². The van der Waals surface area contributed by atoms with Crippen molar-refractivity contribution in [2.75, 3.05) is 46.5 Å². The van der Waals surface area contributed by atoms with Gasteiger partial charge in [0.15, 0.2) is 0 Å².